The second kappa shape index (κ2) is 6.23. The highest BCUT2D eigenvalue weighted by Gasteiger charge is 2.26. The van der Waals surface area contributed by atoms with Crippen LogP contribution in [-0.2, 0) is 0 Å². The minimum Gasteiger partial charge on any atom is -0.365 e. The van der Waals surface area contributed by atoms with Crippen molar-refractivity contribution in [2.45, 2.75) is 39.3 Å². The maximum Gasteiger partial charge on any atom is 0.125 e. The molecular formula is C15H22BrFN2. The van der Waals surface area contributed by atoms with E-state index in [2.05, 4.69) is 46.9 Å². The summed E-state index contributed by atoms with van der Waals surface area (Å²) in [5, 5.41) is 3.58. The number of hydrogen-bond donors (Lipinski definition) is 1. The molecule has 1 saturated heterocycles. The van der Waals surface area contributed by atoms with Crippen LogP contribution in [0.2, 0.25) is 0 Å². The molecular weight excluding hydrogens is 307 g/mol. The quantitative estimate of drug-likeness (QED) is 0.907. The Morgan fingerprint density at radius 2 is 2.21 bits per heavy atom. The summed E-state index contributed by atoms with van der Waals surface area (Å²) in [6.07, 6.45) is 1.15. The molecule has 106 valence electrons. The van der Waals surface area contributed by atoms with Gasteiger partial charge in [-0.25, -0.2) is 4.39 Å². The van der Waals surface area contributed by atoms with Gasteiger partial charge in [0.2, 0.25) is 0 Å². The number of benzene rings is 1. The molecule has 0 amide bonds. The molecule has 0 aliphatic carbocycles. The Bertz CT molecular complexity index is 436. The van der Waals surface area contributed by atoms with Crippen LogP contribution in [0, 0.1) is 11.7 Å². The number of halogens is 2. The van der Waals surface area contributed by atoms with Gasteiger partial charge >= 0.3 is 0 Å². The van der Waals surface area contributed by atoms with E-state index in [1.54, 1.807) is 12.1 Å². The van der Waals surface area contributed by atoms with Crippen LogP contribution in [0.15, 0.2) is 22.7 Å². The van der Waals surface area contributed by atoms with E-state index in [1.165, 1.54) is 6.07 Å². The zero-order valence-corrected chi connectivity index (χ0v) is 13.4. The van der Waals surface area contributed by atoms with Crippen LogP contribution < -0.4 is 10.2 Å². The van der Waals surface area contributed by atoms with Gasteiger partial charge < -0.3 is 10.2 Å². The first-order valence-electron chi connectivity index (χ1n) is 6.92. The largest absolute Gasteiger partial charge is 0.365 e. The number of rotatable bonds is 3. The molecule has 0 bridgehead atoms. The molecule has 1 N–H and O–H groups in total. The van der Waals surface area contributed by atoms with Crippen molar-refractivity contribution in [2.75, 3.05) is 18.0 Å². The molecule has 2 rings (SSSR count). The number of nitrogens with zero attached hydrogens (tertiary/aromatic N) is 1. The fourth-order valence-electron chi connectivity index (χ4n) is 2.70. The van der Waals surface area contributed by atoms with Crippen molar-refractivity contribution in [1.82, 2.24) is 5.32 Å². The maximum absolute atomic E-state index is 13.5. The summed E-state index contributed by atoms with van der Waals surface area (Å²) in [5.74, 6) is 0.494. The Morgan fingerprint density at radius 3 is 2.89 bits per heavy atom. The Labute approximate surface area is 123 Å². The normalized spacial score (nSPS) is 24.0. The van der Waals surface area contributed by atoms with Gasteiger partial charge in [-0.1, -0.05) is 13.8 Å². The minimum atomic E-state index is -0.177. The topological polar surface area (TPSA) is 15.3 Å². The van der Waals surface area contributed by atoms with E-state index in [-0.39, 0.29) is 5.82 Å². The number of anilines is 1. The fourth-order valence-corrected chi connectivity index (χ4v) is 3.17. The van der Waals surface area contributed by atoms with Crippen molar-refractivity contribution in [3.63, 3.8) is 0 Å². The fraction of sp³-hybridized carbons (Fsp3) is 0.600. The van der Waals surface area contributed by atoms with Gasteiger partial charge in [0.05, 0.1) is 5.69 Å². The molecule has 19 heavy (non-hydrogen) atoms. The summed E-state index contributed by atoms with van der Waals surface area (Å²) in [5.41, 5.74) is 0.961. The van der Waals surface area contributed by atoms with Crippen LogP contribution >= 0.6 is 15.9 Å². The van der Waals surface area contributed by atoms with Crippen molar-refractivity contribution in [3.8, 4) is 0 Å². The lowest BCUT2D eigenvalue weighted by atomic mass is 9.99. The zero-order valence-electron chi connectivity index (χ0n) is 11.8. The van der Waals surface area contributed by atoms with Gasteiger partial charge in [-0.15, -0.1) is 0 Å². The van der Waals surface area contributed by atoms with Crippen molar-refractivity contribution < 1.29 is 4.39 Å². The predicted molar refractivity (Wildman–Crippen MR) is 82.2 cm³/mol. The first-order chi connectivity index (χ1) is 8.97. The van der Waals surface area contributed by atoms with Crippen molar-refractivity contribution in [2.24, 2.45) is 5.92 Å². The number of hydrogen-bond acceptors (Lipinski definition) is 2. The van der Waals surface area contributed by atoms with E-state index >= 15 is 0 Å². The molecule has 1 aromatic carbocycles. The molecule has 1 fully saturated rings. The second-order valence-electron chi connectivity index (χ2n) is 5.83. The molecule has 4 heteroatoms. The van der Waals surface area contributed by atoms with Gasteiger partial charge in [0.1, 0.15) is 5.82 Å². The lowest BCUT2D eigenvalue weighted by Gasteiger charge is -2.41. The van der Waals surface area contributed by atoms with Crippen molar-refractivity contribution >= 4 is 21.6 Å². The summed E-state index contributed by atoms with van der Waals surface area (Å²) < 4.78 is 14.4. The van der Waals surface area contributed by atoms with Gasteiger partial charge in [0.25, 0.3) is 0 Å². The van der Waals surface area contributed by atoms with Gasteiger partial charge in [-0.3, -0.25) is 0 Å². The molecule has 2 unspecified atom stereocenters. The molecule has 2 nitrogen and oxygen atoms in total. The molecule has 0 aromatic heterocycles. The lowest BCUT2D eigenvalue weighted by molar-refractivity contribution is 0.355. The second-order valence-corrected chi connectivity index (χ2v) is 6.69. The summed E-state index contributed by atoms with van der Waals surface area (Å²) in [7, 11) is 0. The third-order valence-electron chi connectivity index (χ3n) is 3.62. The van der Waals surface area contributed by atoms with Crippen LogP contribution in [-0.4, -0.2) is 25.2 Å². The van der Waals surface area contributed by atoms with Gasteiger partial charge in [-0.05, 0) is 53.4 Å². The highest BCUT2D eigenvalue weighted by Crippen LogP contribution is 2.30. The van der Waals surface area contributed by atoms with Crippen LogP contribution in [0.1, 0.15) is 27.2 Å². The lowest BCUT2D eigenvalue weighted by Crippen LogP contribution is -2.56. The predicted octanol–water partition coefficient (Wildman–Crippen LogP) is 3.80. The number of piperazine rings is 1. The zero-order chi connectivity index (χ0) is 14.0. The highest BCUT2D eigenvalue weighted by atomic mass is 79.9. The van der Waals surface area contributed by atoms with E-state index in [9.17, 15) is 4.39 Å². The van der Waals surface area contributed by atoms with Gasteiger partial charge in [-0.2, -0.15) is 0 Å². The highest BCUT2D eigenvalue weighted by molar-refractivity contribution is 9.10. The average molecular weight is 329 g/mol. The molecule has 0 radical (unpaired) electrons. The smallest absolute Gasteiger partial charge is 0.125 e. The van der Waals surface area contributed by atoms with E-state index in [4.69, 9.17) is 0 Å². The summed E-state index contributed by atoms with van der Waals surface area (Å²) in [6.45, 7) is 8.53. The molecule has 1 heterocycles. The monoisotopic (exact) mass is 328 g/mol. The van der Waals surface area contributed by atoms with E-state index in [1.807, 2.05) is 0 Å². The number of nitrogens with one attached hydrogen (secondary N) is 1. The molecule has 1 aliphatic heterocycles. The Hall–Kier alpha value is -0.610. The molecule has 0 saturated carbocycles. The summed E-state index contributed by atoms with van der Waals surface area (Å²) >= 11 is 3.54. The Morgan fingerprint density at radius 1 is 1.47 bits per heavy atom. The SMILES string of the molecule is CC(C)CC1CN(c2cc(F)ccc2Br)C(C)CN1. The minimum absolute atomic E-state index is 0.177. The van der Waals surface area contributed by atoms with E-state index in [0.717, 1.165) is 29.7 Å². The van der Waals surface area contributed by atoms with Gasteiger partial charge in [0.15, 0.2) is 0 Å². The standard InChI is InChI=1S/C15H22BrFN2/c1-10(2)6-13-9-19(11(3)8-18-13)15-7-12(17)4-5-14(15)16/h4-5,7,10-11,13,18H,6,8-9H2,1-3H3. The van der Waals surface area contributed by atoms with Crippen molar-refractivity contribution in [1.29, 1.82) is 0 Å². The third-order valence-corrected chi connectivity index (χ3v) is 4.30. The molecule has 1 aliphatic rings. The molecule has 0 spiro atoms. The van der Waals surface area contributed by atoms with Crippen molar-refractivity contribution in [3.05, 3.63) is 28.5 Å². The van der Waals surface area contributed by atoms with Crippen LogP contribution in [0.3, 0.4) is 0 Å². The molecule has 1 aromatic rings. The summed E-state index contributed by atoms with van der Waals surface area (Å²) in [4.78, 5) is 2.30. The van der Waals surface area contributed by atoms with Crippen LogP contribution in [0.5, 0.6) is 0 Å². The Balaban J connectivity index is 2.18. The average Bonchev–Trinajstić information content (AvgIpc) is 2.34. The van der Waals surface area contributed by atoms with Gasteiger partial charge in [0, 0.05) is 29.6 Å². The van der Waals surface area contributed by atoms with E-state index in [0.29, 0.717) is 18.0 Å². The maximum atomic E-state index is 13.5. The van der Waals surface area contributed by atoms with E-state index < -0.39 is 0 Å². The molecule has 2 atom stereocenters. The Kier molecular flexibility index (Phi) is 4.85. The van der Waals surface area contributed by atoms with Crippen LogP contribution in [0.4, 0.5) is 10.1 Å². The first kappa shape index (κ1) is 14.8. The van der Waals surface area contributed by atoms with Crippen LogP contribution in [0.25, 0.3) is 0 Å². The first-order valence-corrected chi connectivity index (χ1v) is 7.71. The third kappa shape index (κ3) is 3.69. The summed E-state index contributed by atoms with van der Waals surface area (Å²) in [6, 6.07) is 5.76.